The Kier molecular flexibility index (Phi) is 3.79. The first-order chi connectivity index (χ1) is 8.15. The lowest BCUT2D eigenvalue weighted by Crippen LogP contribution is -2.19. The van der Waals surface area contributed by atoms with Crippen LogP contribution in [0.4, 0.5) is 0 Å². The van der Waals surface area contributed by atoms with Gasteiger partial charge in [-0.2, -0.15) is 0 Å². The lowest BCUT2D eigenvalue weighted by molar-refractivity contribution is -0.119. The fourth-order valence-corrected chi connectivity index (χ4v) is 2.14. The molecule has 0 radical (unpaired) electrons. The average molecular weight is 233 g/mol. The number of rotatable bonds is 5. The molecule has 92 valence electrons. The second kappa shape index (κ2) is 5.32. The van der Waals surface area contributed by atoms with Crippen molar-refractivity contribution in [3.8, 4) is 5.75 Å². The molecule has 0 spiro atoms. The average Bonchev–Trinajstić information content (AvgIpc) is 2.72. The fraction of sp³-hybridized carbons (Fsp3) is 0.500. The van der Waals surface area contributed by atoms with E-state index in [0.717, 1.165) is 25.2 Å². The Labute approximate surface area is 102 Å². The normalized spacial score (nSPS) is 15.2. The van der Waals surface area contributed by atoms with Gasteiger partial charge in [-0.1, -0.05) is 12.1 Å². The Morgan fingerprint density at radius 2 is 2.35 bits per heavy atom. The number of fused-ring (bicyclic) bond motifs is 1. The van der Waals surface area contributed by atoms with Crippen molar-refractivity contribution < 1.29 is 9.53 Å². The zero-order chi connectivity index (χ0) is 12.3. The zero-order valence-corrected chi connectivity index (χ0v) is 10.2. The van der Waals surface area contributed by atoms with E-state index in [4.69, 9.17) is 10.5 Å². The molecule has 0 amide bonds. The van der Waals surface area contributed by atoms with Crippen molar-refractivity contribution in [1.82, 2.24) is 0 Å². The highest BCUT2D eigenvalue weighted by atomic mass is 16.5. The molecule has 1 heterocycles. The number of hydrogen-bond donors (Lipinski definition) is 1. The van der Waals surface area contributed by atoms with Crippen LogP contribution in [0.25, 0.3) is 0 Å². The first-order valence-corrected chi connectivity index (χ1v) is 6.17. The third-order valence-electron chi connectivity index (χ3n) is 3.00. The standard InChI is InChI=1S/C14H19NO2/c1-10(15)8-13(16)4-2-11-3-5-14-12(9-11)6-7-17-14/h3,5,9-10H,2,4,6-8,15H2,1H3. The van der Waals surface area contributed by atoms with Gasteiger partial charge in [-0.3, -0.25) is 4.79 Å². The van der Waals surface area contributed by atoms with E-state index >= 15 is 0 Å². The first-order valence-electron chi connectivity index (χ1n) is 6.17. The first kappa shape index (κ1) is 12.1. The van der Waals surface area contributed by atoms with Gasteiger partial charge >= 0.3 is 0 Å². The number of ether oxygens (including phenoxy) is 1. The Morgan fingerprint density at radius 1 is 1.53 bits per heavy atom. The molecule has 3 heteroatoms. The third kappa shape index (κ3) is 3.30. The molecular formula is C14H19NO2. The highest BCUT2D eigenvalue weighted by molar-refractivity contribution is 5.79. The van der Waals surface area contributed by atoms with Gasteiger partial charge < -0.3 is 10.5 Å². The molecule has 0 aliphatic carbocycles. The summed E-state index contributed by atoms with van der Waals surface area (Å²) in [5, 5.41) is 0. The lowest BCUT2D eigenvalue weighted by atomic mass is 10.0. The smallest absolute Gasteiger partial charge is 0.134 e. The molecule has 1 aliphatic heterocycles. The second-order valence-electron chi connectivity index (χ2n) is 4.76. The van der Waals surface area contributed by atoms with Crippen molar-refractivity contribution in [2.75, 3.05) is 6.61 Å². The van der Waals surface area contributed by atoms with Gasteiger partial charge in [0.1, 0.15) is 11.5 Å². The highest BCUT2D eigenvalue weighted by Crippen LogP contribution is 2.26. The van der Waals surface area contributed by atoms with Gasteiger partial charge in [0.2, 0.25) is 0 Å². The third-order valence-corrected chi connectivity index (χ3v) is 3.00. The van der Waals surface area contributed by atoms with Crippen LogP contribution < -0.4 is 10.5 Å². The molecule has 0 aromatic heterocycles. The molecule has 1 unspecified atom stereocenters. The van der Waals surface area contributed by atoms with Crippen molar-refractivity contribution in [3.63, 3.8) is 0 Å². The number of aryl methyl sites for hydroxylation is 1. The van der Waals surface area contributed by atoms with Crippen LogP contribution in [0, 0.1) is 0 Å². The van der Waals surface area contributed by atoms with Gasteiger partial charge in [0, 0.05) is 25.3 Å². The molecule has 1 aromatic rings. The monoisotopic (exact) mass is 233 g/mol. The number of carbonyl (C=O) groups excluding carboxylic acids is 1. The lowest BCUT2D eigenvalue weighted by Gasteiger charge is -2.05. The maximum Gasteiger partial charge on any atom is 0.134 e. The van der Waals surface area contributed by atoms with E-state index in [1.54, 1.807) is 0 Å². The molecule has 0 saturated carbocycles. The SMILES string of the molecule is CC(N)CC(=O)CCc1ccc2c(c1)CCO2. The molecule has 1 aliphatic rings. The Balaban J connectivity index is 1.89. The van der Waals surface area contributed by atoms with Crippen LogP contribution in [0.5, 0.6) is 5.75 Å². The van der Waals surface area contributed by atoms with Gasteiger partial charge in [0.25, 0.3) is 0 Å². The van der Waals surface area contributed by atoms with Crippen LogP contribution in [-0.2, 0) is 17.6 Å². The summed E-state index contributed by atoms with van der Waals surface area (Å²) < 4.78 is 5.45. The van der Waals surface area contributed by atoms with E-state index < -0.39 is 0 Å². The molecule has 2 N–H and O–H groups in total. The van der Waals surface area contributed by atoms with Crippen LogP contribution in [0.3, 0.4) is 0 Å². The van der Waals surface area contributed by atoms with Gasteiger partial charge in [0.05, 0.1) is 6.61 Å². The largest absolute Gasteiger partial charge is 0.493 e. The van der Waals surface area contributed by atoms with Crippen molar-refractivity contribution in [3.05, 3.63) is 29.3 Å². The minimum atomic E-state index is -0.0316. The molecule has 1 atom stereocenters. The summed E-state index contributed by atoms with van der Waals surface area (Å²) in [7, 11) is 0. The summed E-state index contributed by atoms with van der Waals surface area (Å²) in [5.41, 5.74) is 8.08. The van der Waals surface area contributed by atoms with E-state index in [2.05, 4.69) is 6.07 Å². The Bertz CT molecular complexity index is 413. The number of hydrogen-bond acceptors (Lipinski definition) is 3. The van der Waals surface area contributed by atoms with Gasteiger partial charge in [-0.05, 0) is 30.5 Å². The fourth-order valence-electron chi connectivity index (χ4n) is 2.14. The Hall–Kier alpha value is -1.35. The predicted octanol–water partition coefficient (Wildman–Crippen LogP) is 1.86. The van der Waals surface area contributed by atoms with Crippen molar-refractivity contribution in [2.24, 2.45) is 5.73 Å². The van der Waals surface area contributed by atoms with E-state index in [0.29, 0.717) is 12.8 Å². The Morgan fingerprint density at radius 3 is 3.12 bits per heavy atom. The van der Waals surface area contributed by atoms with Crippen molar-refractivity contribution in [1.29, 1.82) is 0 Å². The van der Waals surface area contributed by atoms with Gasteiger partial charge in [-0.15, -0.1) is 0 Å². The van der Waals surface area contributed by atoms with Gasteiger partial charge in [0.15, 0.2) is 0 Å². The van der Waals surface area contributed by atoms with Crippen molar-refractivity contribution >= 4 is 5.78 Å². The van der Waals surface area contributed by atoms with Crippen LogP contribution in [-0.4, -0.2) is 18.4 Å². The van der Waals surface area contributed by atoms with E-state index in [9.17, 15) is 4.79 Å². The molecule has 0 saturated heterocycles. The molecule has 0 bridgehead atoms. The molecule has 3 nitrogen and oxygen atoms in total. The van der Waals surface area contributed by atoms with Crippen molar-refractivity contribution in [2.45, 2.75) is 38.6 Å². The zero-order valence-electron chi connectivity index (χ0n) is 10.2. The summed E-state index contributed by atoms with van der Waals surface area (Å²) in [5.74, 6) is 1.24. The predicted molar refractivity (Wildman–Crippen MR) is 67.2 cm³/mol. The van der Waals surface area contributed by atoms with E-state index in [1.807, 2.05) is 19.1 Å². The van der Waals surface area contributed by atoms with Crippen LogP contribution >= 0.6 is 0 Å². The topological polar surface area (TPSA) is 52.3 Å². The van der Waals surface area contributed by atoms with Crippen LogP contribution in [0.2, 0.25) is 0 Å². The number of carbonyl (C=O) groups is 1. The van der Waals surface area contributed by atoms with Crippen LogP contribution in [0.1, 0.15) is 30.9 Å². The maximum absolute atomic E-state index is 11.6. The minimum absolute atomic E-state index is 0.0316. The van der Waals surface area contributed by atoms with E-state index in [1.165, 1.54) is 11.1 Å². The molecule has 2 rings (SSSR count). The maximum atomic E-state index is 11.6. The summed E-state index contributed by atoms with van der Waals surface area (Å²) in [4.78, 5) is 11.6. The number of benzene rings is 1. The summed E-state index contributed by atoms with van der Waals surface area (Å²) in [6.07, 6.45) is 2.85. The van der Waals surface area contributed by atoms with Gasteiger partial charge in [-0.25, -0.2) is 0 Å². The number of ketones is 1. The minimum Gasteiger partial charge on any atom is -0.493 e. The number of Topliss-reactive ketones (excluding diaryl/α,β-unsaturated/α-hetero) is 1. The molecular weight excluding hydrogens is 214 g/mol. The summed E-state index contributed by atoms with van der Waals surface area (Å²) in [6, 6.07) is 6.18. The quantitative estimate of drug-likeness (QED) is 0.844. The summed E-state index contributed by atoms with van der Waals surface area (Å²) in [6.45, 7) is 2.65. The molecule has 0 fully saturated rings. The van der Waals surface area contributed by atoms with Crippen LogP contribution in [0.15, 0.2) is 18.2 Å². The molecule has 17 heavy (non-hydrogen) atoms. The van der Waals surface area contributed by atoms with E-state index in [-0.39, 0.29) is 11.8 Å². The highest BCUT2D eigenvalue weighted by Gasteiger charge is 2.12. The molecule has 1 aromatic carbocycles. The second-order valence-corrected chi connectivity index (χ2v) is 4.76. The summed E-state index contributed by atoms with van der Waals surface area (Å²) >= 11 is 0. The number of nitrogens with two attached hydrogens (primary N) is 1.